The monoisotopic (exact) mass is 291 g/mol. The molecule has 0 amide bonds. The molecular formula is C10H5ClF3N3O2. The third kappa shape index (κ3) is 2.53. The highest BCUT2D eigenvalue weighted by Gasteiger charge is 2.34. The van der Waals surface area contributed by atoms with Crippen molar-refractivity contribution in [3.8, 4) is 5.69 Å². The average Bonchev–Trinajstić information content (AvgIpc) is 2.77. The predicted octanol–water partition coefficient (Wildman–Crippen LogP) is 3.45. The molecule has 0 aliphatic carbocycles. The van der Waals surface area contributed by atoms with E-state index < -0.39 is 22.5 Å². The number of nitro groups is 1. The zero-order valence-electron chi connectivity index (χ0n) is 9.06. The Hall–Kier alpha value is -2.09. The molecule has 0 aliphatic heterocycles. The molecule has 0 bridgehead atoms. The van der Waals surface area contributed by atoms with Gasteiger partial charge in [-0.3, -0.25) is 10.1 Å². The molecular weight excluding hydrogens is 287 g/mol. The summed E-state index contributed by atoms with van der Waals surface area (Å²) < 4.78 is 38.0. The first kappa shape index (κ1) is 13.3. The van der Waals surface area contributed by atoms with Crippen molar-refractivity contribution in [3.63, 3.8) is 0 Å². The number of nitrogens with zero attached hydrogens (tertiary/aromatic N) is 3. The first-order valence-corrected chi connectivity index (χ1v) is 5.24. The van der Waals surface area contributed by atoms with Crippen LogP contribution in [0.4, 0.5) is 18.9 Å². The highest BCUT2D eigenvalue weighted by Crippen LogP contribution is 2.32. The van der Waals surface area contributed by atoms with Crippen molar-refractivity contribution in [2.24, 2.45) is 0 Å². The lowest BCUT2D eigenvalue weighted by atomic mass is 10.2. The molecule has 1 aromatic heterocycles. The van der Waals surface area contributed by atoms with Crippen LogP contribution < -0.4 is 0 Å². The highest BCUT2D eigenvalue weighted by atomic mass is 35.5. The van der Waals surface area contributed by atoms with Gasteiger partial charge in [0.1, 0.15) is 0 Å². The Labute approximate surface area is 109 Å². The summed E-state index contributed by atoms with van der Waals surface area (Å²) in [6.45, 7) is 0. The van der Waals surface area contributed by atoms with E-state index in [1.54, 1.807) is 0 Å². The molecule has 0 fully saturated rings. The van der Waals surface area contributed by atoms with Crippen LogP contribution in [0.3, 0.4) is 0 Å². The minimum Gasteiger partial charge on any atom is -0.258 e. The zero-order valence-corrected chi connectivity index (χ0v) is 9.81. The number of rotatable bonds is 2. The van der Waals surface area contributed by atoms with Crippen LogP contribution in [0, 0.1) is 10.1 Å². The SMILES string of the molecule is O=[N+]([O-])c1cccc(Cl)c1-n1ccc(C(F)(F)F)n1. The molecule has 2 rings (SSSR count). The molecule has 19 heavy (non-hydrogen) atoms. The number of hydrogen-bond donors (Lipinski definition) is 0. The second-order valence-electron chi connectivity index (χ2n) is 3.51. The van der Waals surface area contributed by atoms with Gasteiger partial charge in [-0.05, 0) is 12.1 Å². The lowest BCUT2D eigenvalue weighted by Crippen LogP contribution is -2.08. The van der Waals surface area contributed by atoms with Crippen molar-refractivity contribution in [2.45, 2.75) is 6.18 Å². The first-order chi connectivity index (χ1) is 8.80. The molecule has 2 aromatic rings. The fourth-order valence-corrected chi connectivity index (χ4v) is 1.73. The zero-order chi connectivity index (χ0) is 14.2. The quantitative estimate of drug-likeness (QED) is 0.629. The predicted molar refractivity (Wildman–Crippen MR) is 60.2 cm³/mol. The molecule has 0 unspecified atom stereocenters. The van der Waals surface area contributed by atoms with Crippen LogP contribution in [-0.4, -0.2) is 14.7 Å². The van der Waals surface area contributed by atoms with Gasteiger partial charge in [-0.25, -0.2) is 4.68 Å². The summed E-state index contributed by atoms with van der Waals surface area (Å²) in [5.74, 6) is 0. The van der Waals surface area contributed by atoms with Crippen molar-refractivity contribution in [1.29, 1.82) is 0 Å². The van der Waals surface area contributed by atoms with Crippen molar-refractivity contribution in [1.82, 2.24) is 9.78 Å². The van der Waals surface area contributed by atoms with Gasteiger partial charge < -0.3 is 0 Å². The second kappa shape index (κ2) is 4.54. The largest absolute Gasteiger partial charge is 0.435 e. The van der Waals surface area contributed by atoms with Crippen LogP contribution in [0.1, 0.15) is 5.69 Å². The molecule has 1 heterocycles. The molecule has 1 aromatic carbocycles. The summed E-state index contributed by atoms with van der Waals surface area (Å²) in [7, 11) is 0. The summed E-state index contributed by atoms with van der Waals surface area (Å²) in [5, 5.41) is 14.0. The Morgan fingerprint density at radius 2 is 2.00 bits per heavy atom. The van der Waals surface area contributed by atoms with E-state index in [9.17, 15) is 23.3 Å². The van der Waals surface area contributed by atoms with E-state index in [0.29, 0.717) is 6.07 Å². The maximum atomic E-state index is 12.4. The molecule has 0 aliphatic rings. The van der Waals surface area contributed by atoms with Crippen molar-refractivity contribution >= 4 is 17.3 Å². The number of para-hydroxylation sites is 1. The number of benzene rings is 1. The van der Waals surface area contributed by atoms with Crippen LogP contribution in [0.2, 0.25) is 5.02 Å². The number of halogens is 4. The number of alkyl halides is 3. The van der Waals surface area contributed by atoms with Crippen LogP contribution in [0.5, 0.6) is 0 Å². The lowest BCUT2D eigenvalue weighted by Gasteiger charge is -2.05. The van der Waals surface area contributed by atoms with Crippen LogP contribution in [-0.2, 0) is 6.18 Å². The van der Waals surface area contributed by atoms with Gasteiger partial charge >= 0.3 is 6.18 Å². The normalized spacial score (nSPS) is 11.6. The number of hydrogen-bond acceptors (Lipinski definition) is 3. The van der Waals surface area contributed by atoms with E-state index >= 15 is 0 Å². The van der Waals surface area contributed by atoms with Gasteiger partial charge in [0.25, 0.3) is 5.69 Å². The summed E-state index contributed by atoms with van der Waals surface area (Å²) in [4.78, 5) is 10.1. The molecule has 0 saturated carbocycles. The lowest BCUT2D eigenvalue weighted by molar-refractivity contribution is -0.384. The Kier molecular flexibility index (Phi) is 3.19. The maximum absolute atomic E-state index is 12.4. The minimum atomic E-state index is -4.62. The van der Waals surface area contributed by atoms with E-state index in [-0.39, 0.29) is 10.7 Å². The van der Waals surface area contributed by atoms with Crippen molar-refractivity contribution in [2.75, 3.05) is 0 Å². The summed E-state index contributed by atoms with van der Waals surface area (Å²) in [6.07, 6.45) is -3.65. The number of nitro benzene ring substituents is 1. The second-order valence-corrected chi connectivity index (χ2v) is 3.92. The molecule has 0 spiro atoms. The molecule has 0 atom stereocenters. The Bertz CT molecular complexity index is 639. The van der Waals surface area contributed by atoms with Gasteiger partial charge in [0, 0.05) is 12.3 Å². The first-order valence-electron chi connectivity index (χ1n) is 4.87. The Morgan fingerprint density at radius 3 is 2.53 bits per heavy atom. The van der Waals surface area contributed by atoms with E-state index in [1.165, 1.54) is 12.1 Å². The van der Waals surface area contributed by atoms with E-state index in [0.717, 1.165) is 16.9 Å². The summed E-state index contributed by atoms with van der Waals surface area (Å²) in [5.41, 5.74) is -1.78. The van der Waals surface area contributed by atoms with Crippen molar-refractivity contribution < 1.29 is 18.1 Å². The Balaban J connectivity index is 2.59. The molecule has 100 valence electrons. The fourth-order valence-electron chi connectivity index (χ4n) is 1.48. The average molecular weight is 292 g/mol. The van der Waals surface area contributed by atoms with Gasteiger partial charge in [-0.1, -0.05) is 17.7 Å². The van der Waals surface area contributed by atoms with E-state index in [1.807, 2.05) is 0 Å². The number of aromatic nitrogens is 2. The smallest absolute Gasteiger partial charge is 0.258 e. The molecule has 0 N–H and O–H groups in total. The van der Waals surface area contributed by atoms with Crippen LogP contribution in [0.25, 0.3) is 5.69 Å². The fraction of sp³-hybridized carbons (Fsp3) is 0.100. The third-order valence-electron chi connectivity index (χ3n) is 2.27. The molecule has 5 nitrogen and oxygen atoms in total. The van der Waals surface area contributed by atoms with Gasteiger partial charge in [0.05, 0.1) is 9.95 Å². The van der Waals surface area contributed by atoms with E-state index in [2.05, 4.69) is 5.10 Å². The summed E-state index contributed by atoms with van der Waals surface area (Å²) >= 11 is 5.78. The minimum absolute atomic E-state index is 0.0639. The highest BCUT2D eigenvalue weighted by molar-refractivity contribution is 6.32. The Morgan fingerprint density at radius 1 is 1.32 bits per heavy atom. The topological polar surface area (TPSA) is 61.0 Å². The van der Waals surface area contributed by atoms with Crippen molar-refractivity contribution in [3.05, 3.63) is 51.3 Å². The molecule has 0 radical (unpaired) electrons. The van der Waals surface area contributed by atoms with E-state index in [4.69, 9.17) is 11.6 Å². The maximum Gasteiger partial charge on any atom is 0.435 e. The van der Waals surface area contributed by atoms with Gasteiger partial charge in [0.15, 0.2) is 11.4 Å². The standard InChI is InChI=1S/C10H5ClF3N3O2/c11-6-2-1-3-7(17(18)19)9(6)16-5-4-8(15-16)10(12,13)14/h1-5H. The third-order valence-corrected chi connectivity index (χ3v) is 2.58. The van der Waals surface area contributed by atoms with Gasteiger partial charge in [0.2, 0.25) is 0 Å². The van der Waals surface area contributed by atoms with Gasteiger partial charge in [-0.2, -0.15) is 18.3 Å². The van der Waals surface area contributed by atoms with Crippen LogP contribution in [0.15, 0.2) is 30.5 Å². The van der Waals surface area contributed by atoms with Gasteiger partial charge in [-0.15, -0.1) is 0 Å². The van der Waals surface area contributed by atoms with Crippen LogP contribution >= 0.6 is 11.6 Å². The molecule has 0 saturated heterocycles. The summed E-state index contributed by atoms with van der Waals surface area (Å²) in [6, 6.07) is 4.51. The molecule has 9 heteroatoms.